The van der Waals surface area contributed by atoms with E-state index in [-0.39, 0.29) is 6.29 Å². The zero-order chi connectivity index (χ0) is 11.1. The fourth-order valence-electron chi connectivity index (χ4n) is 2.14. The molecular weight excluding hydrogens is 188 g/mol. The third-order valence-corrected chi connectivity index (χ3v) is 3.06. The van der Waals surface area contributed by atoms with Crippen LogP contribution < -0.4 is 0 Å². The van der Waals surface area contributed by atoms with Gasteiger partial charge in [0.15, 0.2) is 6.29 Å². The summed E-state index contributed by atoms with van der Waals surface area (Å²) in [4.78, 5) is 0. The second kappa shape index (κ2) is 7.24. The van der Waals surface area contributed by atoms with Gasteiger partial charge in [-0.05, 0) is 12.8 Å². The van der Waals surface area contributed by atoms with Gasteiger partial charge in [0.05, 0.1) is 13.2 Å². The van der Waals surface area contributed by atoms with Gasteiger partial charge in [-0.15, -0.1) is 0 Å². The number of rotatable bonds is 6. The molecule has 1 aliphatic rings. The van der Waals surface area contributed by atoms with E-state index in [0.29, 0.717) is 11.8 Å². The summed E-state index contributed by atoms with van der Waals surface area (Å²) >= 11 is 0. The third kappa shape index (κ3) is 4.52. The average Bonchev–Trinajstić information content (AvgIpc) is 2.25. The Morgan fingerprint density at radius 3 is 2.27 bits per heavy atom. The highest BCUT2D eigenvalue weighted by Crippen LogP contribution is 2.25. The molecule has 0 amide bonds. The van der Waals surface area contributed by atoms with Crippen LogP contribution in [0.5, 0.6) is 0 Å². The third-order valence-electron chi connectivity index (χ3n) is 3.06. The van der Waals surface area contributed by atoms with Crippen molar-refractivity contribution in [2.75, 3.05) is 13.2 Å². The van der Waals surface area contributed by atoms with E-state index in [2.05, 4.69) is 20.8 Å². The Bertz CT molecular complexity index is 151. The van der Waals surface area contributed by atoms with Gasteiger partial charge in [-0.2, -0.15) is 0 Å². The lowest BCUT2D eigenvalue weighted by atomic mass is 9.96. The first-order valence-electron chi connectivity index (χ1n) is 6.51. The van der Waals surface area contributed by atoms with E-state index in [1.807, 2.05) is 0 Å². The van der Waals surface area contributed by atoms with Crippen molar-refractivity contribution in [3.8, 4) is 0 Å². The molecule has 1 saturated heterocycles. The minimum absolute atomic E-state index is 0.0766. The molecule has 1 aliphatic heterocycles. The van der Waals surface area contributed by atoms with Crippen molar-refractivity contribution in [3.63, 3.8) is 0 Å². The fraction of sp³-hybridized carbons (Fsp3) is 1.00. The maximum Gasteiger partial charge on any atom is 0.160 e. The van der Waals surface area contributed by atoms with Crippen molar-refractivity contribution in [3.05, 3.63) is 0 Å². The van der Waals surface area contributed by atoms with Crippen LogP contribution in [0.25, 0.3) is 0 Å². The van der Waals surface area contributed by atoms with E-state index in [0.717, 1.165) is 13.2 Å². The van der Waals surface area contributed by atoms with Crippen LogP contribution in [-0.2, 0) is 9.47 Å². The van der Waals surface area contributed by atoms with Gasteiger partial charge in [0, 0.05) is 11.8 Å². The molecule has 2 nitrogen and oxygen atoms in total. The first-order valence-corrected chi connectivity index (χ1v) is 6.51. The summed E-state index contributed by atoms with van der Waals surface area (Å²) in [6.45, 7) is 8.41. The standard InChI is InChI=1S/C13H26O2/c1-4-6-8-12(7-5-2)13-14-9-11(3)10-15-13/h11-13H,4-10H2,1-3H3. The average molecular weight is 214 g/mol. The Labute approximate surface area is 94.3 Å². The van der Waals surface area contributed by atoms with Crippen LogP contribution in [0.2, 0.25) is 0 Å². The summed E-state index contributed by atoms with van der Waals surface area (Å²) in [7, 11) is 0. The van der Waals surface area contributed by atoms with Gasteiger partial charge in [-0.25, -0.2) is 0 Å². The van der Waals surface area contributed by atoms with E-state index in [9.17, 15) is 0 Å². The van der Waals surface area contributed by atoms with Gasteiger partial charge < -0.3 is 9.47 Å². The molecule has 0 spiro atoms. The number of hydrogen-bond acceptors (Lipinski definition) is 2. The zero-order valence-electron chi connectivity index (χ0n) is 10.5. The van der Waals surface area contributed by atoms with Gasteiger partial charge in [0.2, 0.25) is 0 Å². The van der Waals surface area contributed by atoms with E-state index in [1.165, 1.54) is 32.1 Å². The van der Waals surface area contributed by atoms with Crippen LogP contribution in [-0.4, -0.2) is 19.5 Å². The van der Waals surface area contributed by atoms with Crippen molar-refractivity contribution < 1.29 is 9.47 Å². The predicted octanol–water partition coefficient (Wildman–Crippen LogP) is 3.60. The van der Waals surface area contributed by atoms with Crippen molar-refractivity contribution in [1.82, 2.24) is 0 Å². The topological polar surface area (TPSA) is 18.5 Å². The van der Waals surface area contributed by atoms with Crippen LogP contribution in [0.3, 0.4) is 0 Å². The largest absolute Gasteiger partial charge is 0.352 e. The Hall–Kier alpha value is -0.0800. The number of unbranched alkanes of at least 4 members (excludes halogenated alkanes) is 1. The van der Waals surface area contributed by atoms with Gasteiger partial charge in [0.1, 0.15) is 0 Å². The first-order chi connectivity index (χ1) is 7.27. The molecule has 15 heavy (non-hydrogen) atoms. The quantitative estimate of drug-likeness (QED) is 0.672. The van der Waals surface area contributed by atoms with Crippen LogP contribution in [0.15, 0.2) is 0 Å². The second-order valence-electron chi connectivity index (χ2n) is 4.83. The van der Waals surface area contributed by atoms with Crippen LogP contribution in [0, 0.1) is 11.8 Å². The van der Waals surface area contributed by atoms with Crippen molar-refractivity contribution in [2.45, 2.75) is 59.2 Å². The molecule has 0 aromatic carbocycles. The second-order valence-corrected chi connectivity index (χ2v) is 4.83. The van der Waals surface area contributed by atoms with E-state index >= 15 is 0 Å². The van der Waals surface area contributed by atoms with Gasteiger partial charge in [-0.3, -0.25) is 0 Å². The van der Waals surface area contributed by atoms with Crippen LogP contribution in [0.1, 0.15) is 52.9 Å². The SMILES string of the molecule is CCCCC(CCC)C1OCC(C)CO1. The van der Waals surface area contributed by atoms with Crippen LogP contribution >= 0.6 is 0 Å². The highest BCUT2D eigenvalue weighted by molar-refractivity contribution is 4.67. The van der Waals surface area contributed by atoms with Crippen LogP contribution in [0.4, 0.5) is 0 Å². The molecule has 0 bridgehead atoms. The minimum atomic E-state index is 0.0766. The normalized spacial score (nSPS) is 29.0. The first kappa shape index (κ1) is 13.0. The smallest absolute Gasteiger partial charge is 0.160 e. The lowest BCUT2D eigenvalue weighted by Crippen LogP contribution is -2.36. The summed E-state index contributed by atoms with van der Waals surface area (Å²) in [5.41, 5.74) is 0. The number of ether oxygens (including phenoxy) is 2. The van der Waals surface area contributed by atoms with Crippen molar-refractivity contribution in [2.24, 2.45) is 11.8 Å². The highest BCUT2D eigenvalue weighted by atomic mass is 16.7. The minimum Gasteiger partial charge on any atom is -0.352 e. The highest BCUT2D eigenvalue weighted by Gasteiger charge is 2.26. The maximum atomic E-state index is 5.78. The molecule has 1 unspecified atom stereocenters. The van der Waals surface area contributed by atoms with Crippen molar-refractivity contribution >= 4 is 0 Å². The summed E-state index contributed by atoms with van der Waals surface area (Å²) in [5, 5.41) is 0. The summed E-state index contributed by atoms with van der Waals surface area (Å²) in [6.07, 6.45) is 6.36. The van der Waals surface area contributed by atoms with E-state index < -0.39 is 0 Å². The maximum absolute atomic E-state index is 5.78. The summed E-state index contributed by atoms with van der Waals surface area (Å²) in [6, 6.07) is 0. The Morgan fingerprint density at radius 1 is 1.07 bits per heavy atom. The Morgan fingerprint density at radius 2 is 1.73 bits per heavy atom. The molecule has 0 aromatic rings. The molecule has 1 heterocycles. The fourth-order valence-corrected chi connectivity index (χ4v) is 2.14. The molecule has 90 valence electrons. The summed E-state index contributed by atoms with van der Waals surface area (Å²) in [5.74, 6) is 1.18. The Kier molecular flexibility index (Phi) is 6.26. The molecule has 1 rings (SSSR count). The number of hydrogen-bond donors (Lipinski definition) is 0. The molecule has 1 atom stereocenters. The monoisotopic (exact) mass is 214 g/mol. The molecule has 0 N–H and O–H groups in total. The molecular formula is C13H26O2. The summed E-state index contributed by atoms with van der Waals surface area (Å²) < 4.78 is 11.6. The van der Waals surface area contributed by atoms with Crippen molar-refractivity contribution in [1.29, 1.82) is 0 Å². The predicted molar refractivity (Wildman–Crippen MR) is 62.8 cm³/mol. The molecule has 0 radical (unpaired) electrons. The lowest BCUT2D eigenvalue weighted by molar-refractivity contribution is -0.224. The molecule has 2 heteroatoms. The lowest BCUT2D eigenvalue weighted by Gasteiger charge is -2.33. The van der Waals surface area contributed by atoms with Gasteiger partial charge in [-0.1, -0.05) is 40.0 Å². The molecule has 0 saturated carbocycles. The van der Waals surface area contributed by atoms with Gasteiger partial charge in [0.25, 0.3) is 0 Å². The zero-order valence-corrected chi connectivity index (χ0v) is 10.5. The Balaban J connectivity index is 2.33. The van der Waals surface area contributed by atoms with E-state index in [1.54, 1.807) is 0 Å². The molecule has 0 aromatic heterocycles. The molecule has 0 aliphatic carbocycles. The molecule has 1 fully saturated rings. The van der Waals surface area contributed by atoms with Gasteiger partial charge >= 0.3 is 0 Å². The van der Waals surface area contributed by atoms with E-state index in [4.69, 9.17) is 9.47 Å².